The molecule has 30 heavy (non-hydrogen) atoms. The maximum absolute atomic E-state index is 12.4. The van der Waals surface area contributed by atoms with Crippen LogP contribution in [0.1, 0.15) is 32.6 Å². The summed E-state index contributed by atoms with van der Waals surface area (Å²) in [5, 5.41) is 3.86. The van der Waals surface area contributed by atoms with Gasteiger partial charge in [-0.1, -0.05) is 42.5 Å². The summed E-state index contributed by atoms with van der Waals surface area (Å²) in [5.74, 6) is 0.878. The van der Waals surface area contributed by atoms with E-state index in [1.807, 2.05) is 35.2 Å². The molecule has 1 atom stereocenters. The summed E-state index contributed by atoms with van der Waals surface area (Å²) in [6.45, 7) is 0.671. The van der Waals surface area contributed by atoms with Crippen molar-refractivity contribution in [1.82, 2.24) is 10.3 Å². The molecule has 0 bridgehead atoms. The van der Waals surface area contributed by atoms with Gasteiger partial charge in [0.2, 0.25) is 5.91 Å². The van der Waals surface area contributed by atoms with Gasteiger partial charge in [0.1, 0.15) is 11.1 Å². The molecule has 1 aliphatic heterocycles. The van der Waals surface area contributed by atoms with Crippen LogP contribution in [-0.4, -0.2) is 35.2 Å². The number of carbonyl (C=O) groups excluding carboxylic acids is 2. The molecule has 0 saturated carbocycles. The van der Waals surface area contributed by atoms with Gasteiger partial charge in [-0.2, -0.15) is 5.10 Å². The second-order valence-corrected chi connectivity index (χ2v) is 7.89. The van der Waals surface area contributed by atoms with Gasteiger partial charge in [0.05, 0.1) is 18.2 Å². The molecule has 1 aliphatic rings. The van der Waals surface area contributed by atoms with Crippen LogP contribution in [0.15, 0.2) is 82.5 Å². The molecule has 1 fully saturated rings. The Kier molecular flexibility index (Phi) is 6.29. The lowest BCUT2D eigenvalue weighted by atomic mass is 10.1. The molecule has 1 N–H and O–H groups in total. The van der Waals surface area contributed by atoms with E-state index in [2.05, 4.69) is 22.7 Å². The lowest BCUT2D eigenvalue weighted by molar-refractivity contribution is -0.128. The van der Waals surface area contributed by atoms with Crippen molar-refractivity contribution in [3.8, 4) is 0 Å². The molecule has 0 radical (unpaired) electrons. The van der Waals surface area contributed by atoms with Crippen molar-refractivity contribution >= 4 is 29.8 Å². The van der Waals surface area contributed by atoms with Gasteiger partial charge >= 0.3 is 0 Å². The zero-order valence-corrected chi connectivity index (χ0v) is 17.0. The smallest absolute Gasteiger partial charge is 0.271 e. The molecule has 2 aromatic carbocycles. The van der Waals surface area contributed by atoms with E-state index in [4.69, 9.17) is 4.42 Å². The first-order valence-electron chi connectivity index (χ1n) is 9.62. The predicted molar refractivity (Wildman–Crippen MR) is 117 cm³/mol. The minimum Gasteiger partial charge on any atom is -0.463 e. The molecular formula is C23H21N3O3S. The number of thioether (sulfide) groups is 1. The highest BCUT2D eigenvalue weighted by Gasteiger charge is 2.32. The summed E-state index contributed by atoms with van der Waals surface area (Å²) in [6.07, 6.45) is 3.80. The molecule has 0 unspecified atom stereocenters. The topological polar surface area (TPSA) is 74.9 Å². The number of benzene rings is 2. The van der Waals surface area contributed by atoms with Crippen molar-refractivity contribution in [2.45, 2.75) is 11.8 Å². The molecule has 152 valence electrons. The largest absolute Gasteiger partial charge is 0.463 e. The Bertz CT molecular complexity index is 1020. The number of nitrogens with one attached hydrogen (secondary N) is 1. The van der Waals surface area contributed by atoms with Crippen molar-refractivity contribution in [3.05, 3.63) is 95.4 Å². The number of hydrazone groups is 1. The quantitative estimate of drug-likeness (QED) is 0.466. The van der Waals surface area contributed by atoms with Gasteiger partial charge in [0, 0.05) is 12.1 Å². The van der Waals surface area contributed by atoms with E-state index in [9.17, 15) is 9.59 Å². The second kappa shape index (κ2) is 9.45. The summed E-state index contributed by atoms with van der Waals surface area (Å²) >= 11 is 1.62. The van der Waals surface area contributed by atoms with E-state index in [-0.39, 0.29) is 17.2 Å². The van der Waals surface area contributed by atoms with E-state index >= 15 is 0 Å². The van der Waals surface area contributed by atoms with Gasteiger partial charge in [-0.3, -0.25) is 9.59 Å². The normalized spacial score (nSPS) is 16.3. The average molecular weight is 420 g/mol. The van der Waals surface area contributed by atoms with Gasteiger partial charge in [-0.15, -0.1) is 11.8 Å². The first-order valence-corrected chi connectivity index (χ1v) is 10.7. The van der Waals surface area contributed by atoms with E-state index in [1.165, 1.54) is 18.0 Å². The van der Waals surface area contributed by atoms with Crippen LogP contribution in [0.3, 0.4) is 0 Å². The lowest BCUT2D eigenvalue weighted by Crippen LogP contribution is -2.30. The fourth-order valence-corrected chi connectivity index (χ4v) is 4.47. The number of hydrogen-bond acceptors (Lipinski definition) is 5. The van der Waals surface area contributed by atoms with Crippen LogP contribution in [0.25, 0.3) is 0 Å². The first-order chi connectivity index (χ1) is 14.7. The highest BCUT2D eigenvalue weighted by molar-refractivity contribution is 8.00. The number of furan rings is 1. The van der Waals surface area contributed by atoms with Crippen LogP contribution in [0.4, 0.5) is 0 Å². The summed E-state index contributed by atoms with van der Waals surface area (Å²) in [6, 6.07) is 21.0. The first kappa shape index (κ1) is 20.0. The summed E-state index contributed by atoms with van der Waals surface area (Å²) in [4.78, 5) is 26.6. The minimum atomic E-state index is -0.305. The third-order valence-corrected chi connectivity index (χ3v) is 6.07. The van der Waals surface area contributed by atoms with Crippen molar-refractivity contribution in [1.29, 1.82) is 0 Å². The molecule has 1 saturated heterocycles. The molecule has 4 rings (SSSR count). The Morgan fingerprint density at radius 3 is 2.67 bits per heavy atom. The van der Waals surface area contributed by atoms with Crippen LogP contribution >= 0.6 is 11.8 Å². The number of hydrogen-bond donors (Lipinski definition) is 1. The molecule has 2 amide bonds. The van der Waals surface area contributed by atoms with Crippen LogP contribution in [0, 0.1) is 0 Å². The van der Waals surface area contributed by atoms with Crippen molar-refractivity contribution in [3.63, 3.8) is 0 Å². The Morgan fingerprint density at radius 2 is 1.93 bits per heavy atom. The SMILES string of the molecule is O=C(N/N=C\c1ccco1)c1ccc([C@@H]2SCC(=O)N2CCc2ccccc2)cc1. The molecule has 6 nitrogen and oxygen atoms in total. The Morgan fingerprint density at radius 1 is 1.13 bits per heavy atom. The van der Waals surface area contributed by atoms with Crippen LogP contribution < -0.4 is 5.43 Å². The number of rotatable bonds is 7. The molecule has 2 heterocycles. The van der Waals surface area contributed by atoms with E-state index in [0.29, 0.717) is 23.6 Å². The van der Waals surface area contributed by atoms with Crippen molar-refractivity contribution < 1.29 is 14.0 Å². The van der Waals surface area contributed by atoms with Gasteiger partial charge < -0.3 is 9.32 Å². The van der Waals surface area contributed by atoms with Crippen LogP contribution in [0.5, 0.6) is 0 Å². The highest BCUT2D eigenvalue weighted by atomic mass is 32.2. The summed E-state index contributed by atoms with van der Waals surface area (Å²) in [5.41, 5.74) is 5.20. The molecular weight excluding hydrogens is 398 g/mol. The maximum Gasteiger partial charge on any atom is 0.271 e. The molecule has 1 aromatic heterocycles. The van der Waals surface area contributed by atoms with Gasteiger partial charge in [-0.05, 0) is 41.8 Å². The zero-order valence-electron chi connectivity index (χ0n) is 16.2. The summed E-state index contributed by atoms with van der Waals surface area (Å²) in [7, 11) is 0. The van der Waals surface area contributed by atoms with Gasteiger partial charge in [0.15, 0.2) is 0 Å². The summed E-state index contributed by atoms with van der Waals surface area (Å²) < 4.78 is 5.13. The predicted octanol–water partition coefficient (Wildman–Crippen LogP) is 3.86. The number of amides is 2. The monoisotopic (exact) mass is 419 g/mol. The number of nitrogens with zero attached hydrogens (tertiary/aromatic N) is 2. The van der Waals surface area contributed by atoms with Gasteiger partial charge in [-0.25, -0.2) is 5.43 Å². The average Bonchev–Trinajstić information content (AvgIpc) is 3.43. The fraction of sp³-hybridized carbons (Fsp3) is 0.174. The Balaban J connectivity index is 1.38. The molecule has 0 spiro atoms. The molecule has 3 aromatic rings. The van der Waals surface area contributed by atoms with Crippen molar-refractivity contribution in [2.75, 3.05) is 12.3 Å². The highest BCUT2D eigenvalue weighted by Crippen LogP contribution is 2.38. The van der Waals surface area contributed by atoms with E-state index in [1.54, 1.807) is 36.0 Å². The third-order valence-electron chi connectivity index (χ3n) is 4.81. The number of carbonyl (C=O) groups is 2. The van der Waals surface area contributed by atoms with E-state index in [0.717, 1.165) is 12.0 Å². The van der Waals surface area contributed by atoms with Crippen molar-refractivity contribution in [2.24, 2.45) is 5.10 Å². The second-order valence-electron chi connectivity index (χ2n) is 6.82. The third kappa shape index (κ3) is 4.80. The zero-order chi connectivity index (χ0) is 20.8. The molecule has 0 aliphatic carbocycles. The van der Waals surface area contributed by atoms with Crippen LogP contribution in [0.2, 0.25) is 0 Å². The van der Waals surface area contributed by atoms with E-state index < -0.39 is 0 Å². The maximum atomic E-state index is 12.4. The Labute approximate surface area is 179 Å². The lowest BCUT2D eigenvalue weighted by Gasteiger charge is -2.24. The minimum absolute atomic E-state index is 0.0321. The standard InChI is InChI=1S/C23H21N3O3S/c27-21-16-30-23(26(21)13-12-17-5-2-1-3-6-17)19-10-8-18(9-11-19)22(28)25-24-15-20-7-4-14-29-20/h1-11,14-15,23H,12-13,16H2,(H,25,28)/b24-15-/t23-/m0/s1. The fourth-order valence-electron chi connectivity index (χ4n) is 3.25. The van der Waals surface area contributed by atoms with Crippen LogP contribution in [-0.2, 0) is 11.2 Å². The molecule has 7 heteroatoms. The Hall–Kier alpha value is -3.32. The van der Waals surface area contributed by atoms with Gasteiger partial charge in [0.25, 0.3) is 5.91 Å².